The number of rotatable bonds is 4. The summed E-state index contributed by atoms with van der Waals surface area (Å²) in [6.07, 6.45) is 6.08. The van der Waals surface area contributed by atoms with E-state index in [4.69, 9.17) is 0 Å². The lowest BCUT2D eigenvalue weighted by Crippen LogP contribution is -2.47. The molecule has 1 atom stereocenters. The molecule has 0 radical (unpaired) electrons. The molecule has 1 saturated carbocycles. The topological polar surface area (TPSA) is 99.3 Å². The lowest BCUT2D eigenvalue weighted by Gasteiger charge is -2.27. The van der Waals surface area contributed by atoms with Crippen molar-refractivity contribution in [2.24, 2.45) is 5.92 Å². The van der Waals surface area contributed by atoms with Gasteiger partial charge in [0.05, 0.1) is 0 Å². The van der Waals surface area contributed by atoms with Crippen molar-refractivity contribution in [2.75, 3.05) is 0 Å². The Kier molecular flexibility index (Phi) is 4.55. The van der Waals surface area contributed by atoms with E-state index in [9.17, 15) is 19.5 Å². The molecule has 3 N–H and O–H groups in total. The van der Waals surface area contributed by atoms with Crippen LogP contribution < -0.4 is 10.9 Å². The van der Waals surface area contributed by atoms with Gasteiger partial charge in [-0.3, -0.25) is 9.59 Å². The second-order valence-electron chi connectivity index (χ2n) is 5.10. The van der Waals surface area contributed by atoms with Crippen LogP contribution in [0, 0.1) is 5.92 Å². The fraction of sp³-hybridized carbons (Fsp3) is 0.500. The van der Waals surface area contributed by atoms with Gasteiger partial charge in [-0.15, -0.1) is 0 Å². The number of nitrogens with one attached hydrogen (secondary N) is 2. The molecule has 1 unspecified atom stereocenters. The molecular formula is C14H18N2O4. The van der Waals surface area contributed by atoms with Crippen molar-refractivity contribution in [3.05, 3.63) is 34.2 Å². The van der Waals surface area contributed by atoms with Gasteiger partial charge in [0.25, 0.3) is 11.5 Å². The standard InChI is InChI=1S/C14H18N2O4/c17-12-10(7-4-8-15-12)13(18)16-11(14(19)20)9-5-2-1-3-6-9/h4,7-9,11H,1-3,5-6H2,(H,15,17)(H,16,18)(H,19,20). The summed E-state index contributed by atoms with van der Waals surface area (Å²) in [5.74, 6) is -1.74. The summed E-state index contributed by atoms with van der Waals surface area (Å²) in [5.41, 5.74) is -0.577. The molecule has 1 aliphatic rings. The van der Waals surface area contributed by atoms with E-state index in [1.807, 2.05) is 0 Å². The zero-order chi connectivity index (χ0) is 14.5. The monoisotopic (exact) mass is 278 g/mol. The molecule has 108 valence electrons. The van der Waals surface area contributed by atoms with Crippen LogP contribution >= 0.6 is 0 Å². The number of hydrogen-bond acceptors (Lipinski definition) is 3. The van der Waals surface area contributed by atoms with Crippen molar-refractivity contribution in [2.45, 2.75) is 38.1 Å². The Morgan fingerprint density at radius 1 is 1.30 bits per heavy atom. The average Bonchev–Trinajstić information content (AvgIpc) is 2.45. The highest BCUT2D eigenvalue weighted by Gasteiger charge is 2.31. The van der Waals surface area contributed by atoms with Crippen molar-refractivity contribution in [3.63, 3.8) is 0 Å². The van der Waals surface area contributed by atoms with E-state index in [1.54, 1.807) is 0 Å². The first-order chi connectivity index (χ1) is 9.59. The number of aliphatic carboxylic acids is 1. The number of amides is 1. The van der Waals surface area contributed by atoms with Gasteiger partial charge in [-0.2, -0.15) is 0 Å². The summed E-state index contributed by atoms with van der Waals surface area (Å²) in [7, 11) is 0. The highest BCUT2D eigenvalue weighted by Crippen LogP contribution is 2.26. The van der Waals surface area contributed by atoms with E-state index >= 15 is 0 Å². The largest absolute Gasteiger partial charge is 0.480 e. The minimum absolute atomic E-state index is 0.0606. The number of aromatic nitrogens is 1. The molecule has 2 rings (SSSR count). The maximum Gasteiger partial charge on any atom is 0.326 e. The van der Waals surface area contributed by atoms with Gasteiger partial charge >= 0.3 is 5.97 Å². The summed E-state index contributed by atoms with van der Waals surface area (Å²) >= 11 is 0. The molecule has 6 heteroatoms. The van der Waals surface area contributed by atoms with Gasteiger partial charge in [0.2, 0.25) is 0 Å². The minimum atomic E-state index is -1.04. The zero-order valence-corrected chi connectivity index (χ0v) is 11.1. The van der Waals surface area contributed by atoms with E-state index in [-0.39, 0.29) is 11.5 Å². The molecule has 0 aromatic carbocycles. The molecule has 0 bridgehead atoms. The first kappa shape index (κ1) is 14.3. The highest BCUT2D eigenvalue weighted by atomic mass is 16.4. The van der Waals surface area contributed by atoms with Gasteiger partial charge in [-0.25, -0.2) is 4.79 Å². The van der Waals surface area contributed by atoms with E-state index in [1.165, 1.54) is 18.3 Å². The molecule has 0 aliphatic heterocycles. The van der Waals surface area contributed by atoms with Gasteiger partial charge in [-0.05, 0) is 30.9 Å². The van der Waals surface area contributed by atoms with Crippen molar-refractivity contribution in [3.8, 4) is 0 Å². The Morgan fingerprint density at radius 2 is 2.00 bits per heavy atom. The van der Waals surface area contributed by atoms with Crippen molar-refractivity contribution in [1.82, 2.24) is 10.3 Å². The summed E-state index contributed by atoms with van der Waals surface area (Å²) in [4.78, 5) is 37.3. The fourth-order valence-corrected chi connectivity index (χ4v) is 2.67. The fourth-order valence-electron chi connectivity index (χ4n) is 2.67. The third-order valence-corrected chi connectivity index (χ3v) is 3.74. The van der Waals surface area contributed by atoms with Gasteiger partial charge < -0.3 is 15.4 Å². The first-order valence-corrected chi connectivity index (χ1v) is 6.81. The lowest BCUT2D eigenvalue weighted by atomic mass is 9.84. The maximum absolute atomic E-state index is 12.0. The molecule has 1 aromatic heterocycles. The summed E-state index contributed by atoms with van der Waals surface area (Å²) in [6.45, 7) is 0. The third kappa shape index (κ3) is 3.26. The highest BCUT2D eigenvalue weighted by molar-refractivity contribution is 5.96. The van der Waals surface area contributed by atoms with E-state index < -0.39 is 23.5 Å². The number of aromatic amines is 1. The van der Waals surface area contributed by atoms with Crippen molar-refractivity contribution < 1.29 is 14.7 Å². The molecule has 1 amide bonds. The van der Waals surface area contributed by atoms with Gasteiger partial charge in [-0.1, -0.05) is 19.3 Å². The molecule has 0 saturated heterocycles. The Morgan fingerprint density at radius 3 is 2.60 bits per heavy atom. The van der Waals surface area contributed by atoms with Crippen LogP contribution in [0.3, 0.4) is 0 Å². The zero-order valence-electron chi connectivity index (χ0n) is 11.1. The molecule has 0 spiro atoms. The number of H-pyrrole nitrogens is 1. The lowest BCUT2D eigenvalue weighted by molar-refractivity contribution is -0.141. The predicted octanol–water partition coefficient (Wildman–Crippen LogP) is 1.14. The van der Waals surface area contributed by atoms with Crippen molar-refractivity contribution in [1.29, 1.82) is 0 Å². The summed E-state index contributed by atoms with van der Waals surface area (Å²) < 4.78 is 0. The number of carboxylic acid groups (broad SMARTS) is 1. The van der Waals surface area contributed by atoms with Crippen LogP contribution in [0.2, 0.25) is 0 Å². The smallest absolute Gasteiger partial charge is 0.326 e. The Balaban J connectivity index is 2.12. The second kappa shape index (κ2) is 6.36. The Bertz CT molecular complexity index is 546. The van der Waals surface area contributed by atoms with E-state index in [2.05, 4.69) is 10.3 Å². The third-order valence-electron chi connectivity index (χ3n) is 3.74. The van der Waals surface area contributed by atoms with Crippen LogP contribution in [0.15, 0.2) is 23.1 Å². The normalized spacial score (nSPS) is 17.4. The Labute approximate surface area is 116 Å². The summed E-state index contributed by atoms with van der Waals surface area (Å²) in [5, 5.41) is 11.8. The number of carboxylic acids is 1. The van der Waals surface area contributed by atoms with Crippen LogP contribution in [0.1, 0.15) is 42.5 Å². The van der Waals surface area contributed by atoms with E-state index in [0.717, 1.165) is 32.1 Å². The average molecular weight is 278 g/mol. The maximum atomic E-state index is 12.0. The number of hydrogen-bond donors (Lipinski definition) is 3. The van der Waals surface area contributed by atoms with Crippen molar-refractivity contribution >= 4 is 11.9 Å². The summed E-state index contributed by atoms with van der Waals surface area (Å²) in [6, 6.07) is 1.99. The van der Waals surface area contributed by atoms with E-state index in [0.29, 0.717) is 0 Å². The minimum Gasteiger partial charge on any atom is -0.480 e. The molecule has 1 aliphatic carbocycles. The molecule has 6 nitrogen and oxygen atoms in total. The van der Waals surface area contributed by atoms with Gasteiger partial charge in [0.15, 0.2) is 0 Å². The van der Waals surface area contributed by atoms with Gasteiger partial charge in [0.1, 0.15) is 11.6 Å². The number of carbonyl (C=O) groups excluding carboxylic acids is 1. The van der Waals surface area contributed by atoms with Crippen LogP contribution in [0.4, 0.5) is 0 Å². The molecule has 1 aromatic rings. The molecule has 20 heavy (non-hydrogen) atoms. The quantitative estimate of drug-likeness (QED) is 0.769. The van der Waals surface area contributed by atoms with Crippen LogP contribution in [0.5, 0.6) is 0 Å². The van der Waals surface area contributed by atoms with Crippen LogP contribution in [-0.4, -0.2) is 28.0 Å². The predicted molar refractivity (Wildman–Crippen MR) is 72.5 cm³/mol. The molecule has 1 fully saturated rings. The van der Waals surface area contributed by atoms with Crippen LogP contribution in [0.25, 0.3) is 0 Å². The first-order valence-electron chi connectivity index (χ1n) is 6.81. The second-order valence-corrected chi connectivity index (χ2v) is 5.10. The number of pyridine rings is 1. The molecular weight excluding hydrogens is 260 g/mol. The molecule has 1 heterocycles. The Hall–Kier alpha value is -2.11. The number of carbonyl (C=O) groups is 2. The van der Waals surface area contributed by atoms with Gasteiger partial charge in [0, 0.05) is 6.20 Å². The SMILES string of the molecule is O=C(NC(C(=O)O)C1CCCCC1)c1ccc[nH]c1=O. The van der Waals surface area contributed by atoms with Crippen LogP contribution in [-0.2, 0) is 4.79 Å².